The van der Waals surface area contributed by atoms with Gasteiger partial charge in [-0.15, -0.1) is 0 Å². The molecule has 0 unspecified atom stereocenters. The first-order chi connectivity index (χ1) is 20.6. The maximum atomic E-state index is 6.54. The molecule has 42 heavy (non-hydrogen) atoms. The van der Waals surface area contributed by atoms with E-state index < -0.39 is 19.0 Å². The lowest BCUT2D eigenvalue weighted by Gasteiger charge is -2.34. The third-order valence-corrected chi connectivity index (χ3v) is 18.1. The third-order valence-electron chi connectivity index (χ3n) is 7.41. The van der Waals surface area contributed by atoms with Crippen LogP contribution in [0.3, 0.4) is 0 Å². The Morgan fingerprint density at radius 1 is 0.429 bits per heavy atom. The number of hydrogen-bond donors (Lipinski definition) is 0. The minimum Gasteiger partial charge on any atom is -0.354 e. The second-order valence-corrected chi connectivity index (χ2v) is 22.9. The third kappa shape index (κ3) is 24.8. The van der Waals surface area contributed by atoms with Gasteiger partial charge in [-0.2, -0.15) is 0 Å². The smallest absolute Gasteiger partial charge is 0.145 e. The van der Waals surface area contributed by atoms with E-state index in [0.717, 1.165) is 76.5 Å². The maximum Gasteiger partial charge on any atom is 0.145 e. The summed E-state index contributed by atoms with van der Waals surface area (Å²) in [5.41, 5.74) is -0.482. The summed E-state index contributed by atoms with van der Waals surface area (Å²) < 4.78 is 26.2. The Morgan fingerprint density at radius 3 is 1.00 bits per heavy atom. The van der Waals surface area contributed by atoms with Gasteiger partial charge in [-0.3, -0.25) is 0 Å². The molecule has 0 amide bonds. The maximum absolute atomic E-state index is 6.54. The van der Waals surface area contributed by atoms with Crippen molar-refractivity contribution < 1.29 is 18.9 Å². The highest BCUT2D eigenvalue weighted by atomic mass is 33.7. The quantitative estimate of drug-likeness (QED) is 0.0280. The van der Waals surface area contributed by atoms with Crippen molar-refractivity contribution >= 4 is 60.3 Å². The summed E-state index contributed by atoms with van der Waals surface area (Å²) in [4.78, 5) is 0. The van der Waals surface area contributed by atoms with E-state index in [4.69, 9.17) is 18.9 Å². The highest BCUT2D eigenvalue weighted by Crippen LogP contribution is 2.44. The highest BCUT2D eigenvalue weighted by Gasteiger charge is 2.31. The Labute approximate surface area is 282 Å². The highest BCUT2D eigenvalue weighted by molar-refractivity contribution is 9.26. The lowest BCUT2D eigenvalue weighted by molar-refractivity contribution is -0.186. The van der Waals surface area contributed by atoms with E-state index in [1.54, 1.807) is 0 Å². The van der Waals surface area contributed by atoms with Crippen LogP contribution >= 0.6 is 41.2 Å². The van der Waals surface area contributed by atoms with Crippen LogP contribution in [0.4, 0.5) is 0 Å². The Balaban J connectivity index is 4.48. The molecule has 0 aromatic heterocycles. The Morgan fingerprint density at radius 2 is 0.738 bits per heavy atom. The van der Waals surface area contributed by atoms with Crippen molar-refractivity contribution in [2.75, 3.05) is 37.9 Å². The molecule has 0 heterocycles. The number of rotatable bonds is 35. The van der Waals surface area contributed by atoms with Gasteiger partial charge >= 0.3 is 0 Å². The van der Waals surface area contributed by atoms with Crippen molar-refractivity contribution in [3.05, 3.63) is 0 Å². The molecule has 0 atom stereocenters. The first-order valence-electron chi connectivity index (χ1n) is 17.7. The van der Waals surface area contributed by atoms with Crippen molar-refractivity contribution in [3.63, 3.8) is 0 Å². The van der Waals surface area contributed by atoms with Crippen LogP contribution in [0, 0.1) is 0 Å². The van der Waals surface area contributed by atoms with Gasteiger partial charge in [0.25, 0.3) is 0 Å². The zero-order valence-electron chi connectivity index (χ0n) is 28.7. The van der Waals surface area contributed by atoms with E-state index in [9.17, 15) is 0 Å². The molecule has 0 aliphatic carbocycles. The predicted octanol–water partition coefficient (Wildman–Crippen LogP) is 10.6. The molecule has 0 aliphatic rings. The number of hydrogen-bond acceptors (Lipinski definition) is 8. The molecule has 0 fully saturated rings. The topological polar surface area (TPSA) is 36.9 Å². The molecule has 0 N–H and O–H groups in total. The zero-order valence-corrected chi connectivity index (χ0v) is 34.7. The van der Waals surface area contributed by atoms with Gasteiger partial charge < -0.3 is 18.9 Å². The Hall–Kier alpha value is 1.67. The van der Waals surface area contributed by atoms with Gasteiger partial charge in [-0.25, -0.2) is 0 Å². The molecule has 0 rings (SSSR count). The van der Waals surface area contributed by atoms with E-state index in [1.807, 2.05) is 41.2 Å². The predicted molar refractivity (Wildman–Crippen MR) is 204 cm³/mol. The van der Waals surface area contributed by atoms with Crippen LogP contribution in [0.5, 0.6) is 0 Å². The fraction of sp³-hybridized carbons (Fsp3) is 1.00. The van der Waals surface area contributed by atoms with Gasteiger partial charge in [0.1, 0.15) is 10.8 Å². The summed E-state index contributed by atoms with van der Waals surface area (Å²) in [7, 11) is 7.06. The first kappa shape index (κ1) is 43.7. The van der Waals surface area contributed by atoms with E-state index >= 15 is 0 Å². The molecular formula is C32H70O4S4Si2. The molecular weight excluding hydrogens is 633 g/mol. The van der Waals surface area contributed by atoms with Crippen LogP contribution in [0.15, 0.2) is 0 Å². The molecule has 0 bridgehead atoms. The van der Waals surface area contributed by atoms with E-state index in [0.29, 0.717) is 0 Å². The van der Waals surface area contributed by atoms with Crippen LogP contribution in [0.2, 0.25) is 12.1 Å². The zero-order chi connectivity index (χ0) is 31.0. The lowest BCUT2D eigenvalue weighted by atomic mass is 10.2. The van der Waals surface area contributed by atoms with Gasteiger partial charge in [0.2, 0.25) is 0 Å². The summed E-state index contributed by atoms with van der Waals surface area (Å²) in [5, 5.41) is 0. The molecule has 0 saturated heterocycles. The SMILES string of the molecule is CCCCCOC(CCCSSSSCCCC(OCCCCC)(OCCCCC)[SiH2]CC)(OCCCCC)[SiH2]CC. The van der Waals surface area contributed by atoms with Gasteiger partial charge in [-0.05, 0) is 71.0 Å². The molecule has 10 heteroatoms. The van der Waals surface area contributed by atoms with Crippen molar-refractivity contribution in [1.29, 1.82) is 0 Å². The monoisotopic (exact) mass is 702 g/mol. The normalized spacial score (nSPS) is 13.0. The van der Waals surface area contributed by atoms with Crippen molar-refractivity contribution in [1.82, 2.24) is 0 Å². The van der Waals surface area contributed by atoms with Crippen molar-refractivity contribution in [3.8, 4) is 0 Å². The van der Waals surface area contributed by atoms with Gasteiger partial charge in [0, 0.05) is 37.9 Å². The van der Waals surface area contributed by atoms with E-state index in [2.05, 4.69) is 41.5 Å². The standard InChI is InChI=1S/C32H70O4S4Si2/c1-7-13-17-25-33-31(41-11-5,34-26-18-14-8-2)23-21-29-37-39-40-38-30-22-24-32(42-12-6,35-27-19-15-9-3)36-28-20-16-10-4/h7-30,41-42H2,1-6H3. The minimum absolute atomic E-state index is 0.241. The van der Waals surface area contributed by atoms with Crippen LogP contribution in [0.25, 0.3) is 0 Å². The Bertz CT molecular complexity index is 483. The van der Waals surface area contributed by atoms with Crippen molar-refractivity contribution in [2.24, 2.45) is 0 Å². The van der Waals surface area contributed by atoms with Gasteiger partial charge in [-0.1, -0.05) is 127 Å². The summed E-state index contributed by atoms with van der Waals surface area (Å²) in [6.07, 6.45) is 19.1. The number of ether oxygens (including phenoxy) is 4. The van der Waals surface area contributed by atoms with Gasteiger partial charge in [0.05, 0.1) is 19.0 Å². The van der Waals surface area contributed by atoms with Crippen LogP contribution in [-0.4, -0.2) is 67.8 Å². The molecule has 0 aromatic rings. The average Bonchev–Trinajstić information content (AvgIpc) is 2.99. The summed E-state index contributed by atoms with van der Waals surface area (Å²) in [5.74, 6) is 2.33. The molecule has 0 saturated carbocycles. The average molecular weight is 703 g/mol. The summed E-state index contributed by atoms with van der Waals surface area (Å²) >= 11 is 0. The molecule has 0 aliphatic heterocycles. The molecule has 4 nitrogen and oxygen atoms in total. The van der Waals surface area contributed by atoms with Crippen LogP contribution in [0.1, 0.15) is 144 Å². The van der Waals surface area contributed by atoms with Crippen LogP contribution < -0.4 is 0 Å². The van der Waals surface area contributed by atoms with Crippen LogP contribution in [-0.2, 0) is 18.9 Å². The summed E-state index contributed by atoms with van der Waals surface area (Å²) in [6, 6.07) is 2.48. The largest absolute Gasteiger partial charge is 0.354 e. The lowest BCUT2D eigenvalue weighted by Crippen LogP contribution is -2.43. The second-order valence-electron chi connectivity index (χ2n) is 11.5. The van der Waals surface area contributed by atoms with Crippen molar-refractivity contribution in [2.45, 2.75) is 167 Å². The fourth-order valence-electron chi connectivity index (χ4n) is 5.02. The molecule has 0 radical (unpaired) electrons. The van der Waals surface area contributed by atoms with E-state index in [-0.39, 0.29) is 10.8 Å². The molecule has 0 aromatic carbocycles. The van der Waals surface area contributed by atoms with E-state index in [1.165, 1.54) is 76.3 Å². The molecule has 0 spiro atoms. The Kier molecular flexibility index (Phi) is 33.9. The number of unbranched alkanes of at least 4 members (excludes halogenated alkanes) is 8. The minimum atomic E-state index is -0.414. The van der Waals surface area contributed by atoms with Gasteiger partial charge in [0.15, 0.2) is 0 Å². The molecule has 254 valence electrons. The summed E-state index contributed by atoms with van der Waals surface area (Å²) in [6.45, 7) is 17.1. The fourth-order valence-corrected chi connectivity index (χ4v) is 14.8. The first-order valence-corrected chi connectivity index (χ1v) is 26.3. The second kappa shape index (κ2) is 32.6.